The van der Waals surface area contributed by atoms with Crippen LogP contribution < -0.4 is 27.0 Å². The first-order valence-electron chi connectivity index (χ1n) is 17.3. The molecule has 4 rings (SSSR count). The van der Waals surface area contributed by atoms with E-state index >= 15 is 0 Å². The van der Waals surface area contributed by atoms with E-state index in [1.165, 1.54) is 19.1 Å². The molecule has 0 heterocycles. The van der Waals surface area contributed by atoms with Gasteiger partial charge in [-0.25, -0.2) is 0 Å². The molecule has 0 radical (unpaired) electrons. The van der Waals surface area contributed by atoms with Crippen molar-refractivity contribution in [2.24, 2.45) is 5.73 Å². The number of hydrogen-bond donors (Lipinski definition) is 7. The number of hydrogen-bond acceptors (Lipinski definition) is 7. The fourth-order valence-corrected chi connectivity index (χ4v) is 6.77. The van der Waals surface area contributed by atoms with E-state index in [1.807, 2.05) is 18.2 Å². The number of rotatable bonds is 18. The van der Waals surface area contributed by atoms with E-state index in [1.54, 1.807) is 12.1 Å². The zero-order valence-electron chi connectivity index (χ0n) is 28.8. The average Bonchev–Trinajstić information content (AvgIpc) is 3.09. The molecule has 51 heavy (non-hydrogen) atoms. The lowest BCUT2D eigenvalue weighted by Gasteiger charge is -2.39. The molecule has 1 saturated carbocycles. The summed E-state index contributed by atoms with van der Waals surface area (Å²) in [5.41, 5.74) is 6.42. The van der Waals surface area contributed by atoms with Crippen LogP contribution in [-0.4, -0.2) is 76.5 Å². The first kappa shape index (κ1) is 38.5. The lowest BCUT2D eigenvalue weighted by atomic mass is 9.80. The topological polar surface area (TPSA) is 217 Å². The molecule has 2 atom stereocenters. The van der Waals surface area contributed by atoms with Crippen LogP contribution in [0.5, 0.6) is 0 Å². The molecule has 272 valence electrons. The molecule has 0 saturated heterocycles. The number of aliphatic carboxylic acids is 2. The Morgan fingerprint density at radius 2 is 1.51 bits per heavy atom. The molecule has 3 aromatic carbocycles. The SMILES string of the molecule is CC(=O)N[C@H](CNC1(C(=O)N[C@@H](CC(N)=O)C(=O)NCCCc2cccc3ccccc23)CCCCC1)Cc1ccc(C(C(=O)O)C(=O)O)cc1. The highest BCUT2D eigenvalue weighted by Crippen LogP contribution is 2.29. The van der Waals surface area contributed by atoms with Crippen LogP contribution in [-0.2, 0) is 41.6 Å². The molecule has 8 N–H and O–H groups in total. The van der Waals surface area contributed by atoms with Crippen molar-refractivity contribution in [3.63, 3.8) is 0 Å². The van der Waals surface area contributed by atoms with Gasteiger partial charge in [-0.2, -0.15) is 0 Å². The van der Waals surface area contributed by atoms with Crippen LogP contribution in [0.4, 0.5) is 0 Å². The number of carbonyl (C=O) groups excluding carboxylic acids is 4. The van der Waals surface area contributed by atoms with Gasteiger partial charge < -0.3 is 37.2 Å². The predicted octanol–water partition coefficient (Wildman–Crippen LogP) is 2.54. The zero-order chi connectivity index (χ0) is 37.0. The number of amides is 4. The first-order chi connectivity index (χ1) is 24.4. The maximum Gasteiger partial charge on any atom is 0.322 e. The minimum atomic E-state index is -1.70. The van der Waals surface area contributed by atoms with E-state index in [-0.39, 0.29) is 24.4 Å². The Balaban J connectivity index is 1.40. The molecule has 13 nitrogen and oxygen atoms in total. The Labute approximate surface area is 296 Å². The average molecular weight is 702 g/mol. The summed E-state index contributed by atoms with van der Waals surface area (Å²) < 4.78 is 0. The molecule has 0 spiro atoms. The van der Waals surface area contributed by atoms with Crippen LogP contribution in [0.2, 0.25) is 0 Å². The predicted molar refractivity (Wildman–Crippen MR) is 191 cm³/mol. The minimum absolute atomic E-state index is 0.116. The van der Waals surface area contributed by atoms with Gasteiger partial charge in [-0.05, 0) is 59.6 Å². The standard InChI is InChI=1S/C38H47N5O8/c1-24(44)42-29(21-25-14-16-28(17-15-25)33(35(47)48)36(49)50)23-41-38(18-5-2-6-19-38)37(51)43-31(22-32(39)45)34(46)40-20-8-12-27-11-7-10-26-9-3-4-13-30(26)27/h3-4,7,9-11,13-17,29,31,33,41H,2,5-6,8,12,18-23H2,1H3,(H2,39,45)(H,40,46)(H,42,44)(H,43,51)(H,47,48)(H,49,50)/t29-,31-/m0/s1. The first-order valence-corrected chi connectivity index (χ1v) is 17.3. The second-order valence-electron chi connectivity index (χ2n) is 13.2. The smallest absolute Gasteiger partial charge is 0.322 e. The van der Waals surface area contributed by atoms with Crippen LogP contribution in [0.3, 0.4) is 0 Å². The number of aryl methyl sites for hydroxylation is 1. The van der Waals surface area contributed by atoms with Crippen LogP contribution in [0, 0.1) is 0 Å². The molecule has 0 aliphatic heterocycles. The number of nitrogens with one attached hydrogen (secondary N) is 4. The van der Waals surface area contributed by atoms with Gasteiger partial charge in [0.1, 0.15) is 6.04 Å². The highest BCUT2D eigenvalue weighted by atomic mass is 16.4. The Bertz CT molecular complexity index is 1700. The van der Waals surface area contributed by atoms with E-state index in [9.17, 15) is 39.0 Å². The number of nitrogens with two attached hydrogens (primary N) is 1. The minimum Gasteiger partial charge on any atom is -0.480 e. The molecule has 0 unspecified atom stereocenters. The van der Waals surface area contributed by atoms with Crippen LogP contribution in [0.15, 0.2) is 66.7 Å². The van der Waals surface area contributed by atoms with Gasteiger partial charge in [-0.1, -0.05) is 86.0 Å². The number of carboxylic acid groups (broad SMARTS) is 2. The summed E-state index contributed by atoms with van der Waals surface area (Å²) in [7, 11) is 0. The van der Waals surface area contributed by atoms with Gasteiger partial charge in [0, 0.05) is 26.1 Å². The Kier molecular flexibility index (Phi) is 13.7. The molecule has 13 heteroatoms. The maximum absolute atomic E-state index is 14.0. The van der Waals surface area contributed by atoms with Crippen molar-refractivity contribution in [3.05, 3.63) is 83.4 Å². The molecule has 0 aromatic heterocycles. The van der Waals surface area contributed by atoms with Crippen LogP contribution in [0.1, 0.15) is 74.5 Å². The Morgan fingerprint density at radius 3 is 2.16 bits per heavy atom. The van der Waals surface area contributed by atoms with Crippen molar-refractivity contribution in [1.82, 2.24) is 21.3 Å². The Hall–Kier alpha value is -5.30. The summed E-state index contributed by atoms with van der Waals surface area (Å²) in [6.07, 6.45) is 4.69. The number of fused-ring (bicyclic) bond motifs is 1. The third-order valence-corrected chi connectivity index (χ3v) is 9.35. The third kappa shape index (κ3) is 10.8. The largest absolute Gasteiger partial charge is 0.480 e. The molecule has 3 aromatic rings. The molecule has 1 fully saturated rings. The normalized spacial score (nSPS) is 15.0. The third-order valence-electron chi connectivity index (χ3n) is 9.35. The summed E-state index contributed by atoms with van der Waals surface area (Å²) in [6.45, 7) is 1.89. The number of benzene rings is 3. The lowest BCUT2D eigenvalue weighted by Crippen LogP contribution is -2.63. The molecule has 1 aliphatic carbocycles. The summed E-state index contributed by atoms with van der Waals surface area (Å²) in [6, 6.07) is 18.6. The van der Waals surface area contributed by atoms with Crippen molar-refractivity contribution in [1.29, 1.82) is 0 Å². The van der Waals surface area contributed by atoms with Crippen molar-refractivity contribution in [3.8, 4) is 0 Å². The van der Waals surface area contributed by atoms with Gasteiger partial charge in [0.05, 0.1) is 12.0 Å². The van der Waals surface area contributed by atoms with Crippen LogP contribution in [0.25, 0.3) is 10.8 Å². The quantitative estimate of drug-likeness (QED) is 0.0765. The highest BCUT2D eigenvalue weighted by molar-refractivity contribution is 5.99. The summed E-state index contributed by atoms with van der Waals surface area (Å²) in [4.78, 5) is 74.2. The van der Waals surface area contributed by atoms with E-state index < -0.39 is 53.2 Å². The highest BCUT2D eigenvalue weighted by Gasteiger charge is 2.41. The summed E-state index contributed by atoms with van der Waals surface area (Å²) in [5.74, 6) is -6.61. The molecular formula is C38H47N5O8. The fraction of sp³-hybridized carbons (Fsp3) is 0.421. The van der Waals surface area contributed by atoms with Crippen molar-refractivity contribution >= 4 is 46.3 Å². The zero-order valence-corrected chi connectivity index (χ0v) is 28.8. The van der Waals surface area contributed by atoms with Crippen LogP contribution >= 0.6 is 0 Å². The van der Waals surface area contributed by atoms with Gasteiger partial charge >= 0.3 is 11.9 Å². The monoisotopic (exact) mass is 701 g/mol. The number of primary amides is 1. The molecular weight excluding hydrogens is 654 g/mol. The maximum atomic E-state index is 14.0. The second-order valence-corrected chi connectivity index (χ2v) is 13.2. The van der Waals surface area contributed by atoms with Gasteiger partial charge in [0.15, 0.2) is 5.92 Å². The van der Waals surface area contributed by atoms with E-state index in [0.717, 1.165) is 47.6 Å². The Morgan fingerprint density at radius 1 is 0.843 bits per heavy atom. The number of carboxylic acids is 2. The van der Waals surface area contributed by atoms with Crippen molar-refractivity contribution < 1.29 is 39.0 Å². The summed E-state index contributed by atoms with van der Waals surface area (Å²) in [5, 5.41) is 32.8. The van der Waals surface area contributed by atoms with E-state index in [2.05, 4.69) is 45.5 Å². The van der Waals surface area contributed by atoms with Gasteiger partial charge in [0.25, 0.3) is 0 Å². The summed E-state index contributed by atoms with van der Waals surface area (Å²) >= 11 is 0. The molecule has 1 aliphatic rings. The number of carbonyl (C=O) groups is 6. The van der Waals surface area contributed by atoms with Crippen molar-refractivity contribution in [2.45, 2.75) is 88.3 Å². The van der Waals surface area contributed by atoms with E-state index in [4.69, 9.17) is 5.73 Å². The fourth-order valence-electron chi connectivity index (χ4n) is 6.77. The van der Waals surface area contributed by atoms with Crippen molar-refractivity contribution in [2.75, 3.05) is 13.1 Å². The van der Waals surface area contributed by atoms with E-state index in [0.29, 0.717) is 32.2 Å². The molecule has 0 bridgehead atoms. The second kappa shape index (κ2) is 18.1. The van der Waals surface area contributed by atoms with Gasteiger partial charge in [-0.3, -0.25) is 28.8 Å². The lowest BCUT2D eigenvalue weighted by molar-refractivity contribution is -0.150. The van der Waals surface area contributed by atoms with Gasteiger partial charge in [0.2, 0.25) is 23.6 Å². The molecule has 4 amide bonds. The van der Waals surface area contributed by atoms with Gasteiger partial charge in [-0.15, -0.1) is 0 Å².